The molecule has 2 aromatic heterocycles. The summed E-state index contributed by atoms with van der Waals surface area (Å²) in [4.78, 5) is 36.9. The van der Waals surface area contributed by atoms with Gasteiger partial charge < -0.3 is 15.0 Å². The van der Waals surface area contributed by atoms with Crippen LogP contribution >= 0.6 is 0 Å². The van der Waals surface area contributed by atoms with Crippen molar-refractivity contribution in [2.24, 2.45) is 15.4 Å². The van der Waals surface area contributed by atoms with Gasteiger partial charge in [-0.05, 0) is 107 Å². The second-order valence-corrected chi connectivity index (χ2v) is 12.1. The monoisotopic (exact) mass is 546 g/mol. The standard InChI is InChI=1S/C33H34N6O2/c1-21-34-19-22(20-35-21)32-13-11-26(38-32)16-25-6-5-23(36-25)15-24-7-8-27(37-24)17-33(12-4-14-41-28-9-10-28)30(40)31(2,3)29(18-32)39-33/h5-8,11,13,15-20,28,36,39H,4,9-10,12,14H2,1-3H3. The van der Waals surface area contributed by atoms with Crippen molar-refractivity contribution in [3.8, 4) is 0 Å². The molecule has 2 aromatic rings. The SMILES string of the molecule is Cc1ncc(C23C=CC(=N2)C=c2ccc([nH]2)=CC2=NC(=CC4(CCCOC5CC5)NC(=C3)C(C)(C)C4=O)C=C2)cn1. The quantitative estimate of drug-likeness (QED) is 0.542. The van der Waals surface area contributed by atoms with Gasteiger partial charge in [-0.2, -0.15) is 0 Å². The van der Waals surface area contributed by atoms with Crippen molar-refractivity contribution < 1.29 is 9.53 Å². The van der Waals surface area contributed by atoms with E-state index in [1.807, 2.05) is 81.8 Å². The van der Waals surface area contributed by atoms with Gasteiger partial charge in [0.1, 0.15) is 16.9 Å². The summed E-state index contributed by atoms with van der Waals surface area (Å²) in [6, 6.07) is 4.06. The first-order valence-corrected chi connectivity index (χ1v) is 14.4. The number of fused-ring (bicyclic) bond motifs is 6. The summed E-state index contributed by atoms with van der Waals surface area (Å²) in [6.45, 7) is 6.48. The van der Waals surface area contributed by atoms with Gasteiger partial charge in [-0.1, -0.05) is 0 Å². The number of allylic oxidation sites excluding steroid dienone is 4. The Kier molecular flexibility index (Phi) is 5.94. The Labute approximate surface area is 239 Å². The lowest BCUT2D eigenvalue weighted by atomic mass is 9.77. The van der Waals surface area contributed by atoms with Crippen molar-refractivity contribution >= 4 is 29.4 Å². The van der Waals surface area contributed by atoms with Crippen LogP contribution in [0.1, 0.15) is 50.9 Å². The van der Waals surface area contributed by atoms with Crippen LogP contribution in [0.3, 0.4) is 0 Å². The third-order valence-corrected chi connectivity index (χ3v) is 8.44. The molecule has 41 heavy (non-hydrogen) atoms. The fourth-order valence-electron chi connectivity index (χ4n) is 5.98. The van der Waals surface area contributed by atoms with E-state index < -0.39 is 16.5 Å². The number of aliphatic imine (C=N–C) groups is 2. The lowest BCUT2D eigenvalue weighted by molar-refractivity contribution is -0.127. The van der Waals surface area contributed by atoms with Crippen LogP contribution in [0.5, 0.6) is 0 Å². The molecule has 0 spiro atoms. The molecule has 2 atom stereocenters. The Balaban J connectivity index is 1.40. The molecule has 6 heterocycles. The summed E-state index contributed by atoms with van der Waals surface area (Å²) in [6.07, 6.45) is 23.8. The lowest BCUT2D eigenvalue weighted by Crippen LogP contribution is -2.45. The predicted octanol–water partition coefficient (Wildman–Crippen LogP) is 3.27. The van der Waals surface area contributed by atoms with E-state index in [-0.39, 0.29) is 5.78 Å². The summed E-state index contributed by atoms with van der Waals surface area (Å²) < 4.78 is 5.96. The highest BCUT2D eigenvalue weighted by Gasteiger charge is 2.54. The van der Waals surface area contributed by atoms with Crippen LogP contribution in [0, 0.1) is 12.3 Å². The molecule has 1 aliphatic carbocycles. The van der Waals surface area contributed by atoms with Gasteiger partial charge in [-0.3, -0.25) is 9.79 Å². The van der Waals surface area contributed by atoms with Crippen LogP contribution in [-0.4, -0.2) is 50.4 Å². The van der Waals surface area contributed by atoms with Gasteiger partial charge in [0.15, 0.2) is 5.78 Å². The zero-order valence-corrected chi connectivity index (χ0v) is 23.6. The van der Waals surface area contributed by atoms with Crippen molar-refractivity contribution in [3.63, 3.8) is 0 Å². The van der Waals surface area contributed by atoms with Gasteiger partial charge in [0, 0.05) is 41.0 Å². The van der Waals surface area contributed by atoms with Crippen LogP contribution in [0.2, 0.25) is 0 Å². The fourth-order valence-corrected chi connectivity index (χ4v) is 5.98. The third kappa shape index (κ3) is 4.76. The molecular weight excluding hydrogens is 512 g/mol. The molecule has 0 aromatic carbocycles. The van der Waals surface area contributed by atoms with Crippen molar-refractivity contribution in [1.29, 1.82) is 0 Å². The molecule has 5 aliphatic rings. The largest absolute Gasteiger partial charge is 0.378 e. The number of aromatic nitrogens is 3. The van der Waals surface area contributed by atoms with E-state index in [1.165, 1.54) is 0 Å². The minimum atomic E-state index is -0.927. The van der Waals surface area contributed by atoms with E-state index in [0.717, 1.165) is 58.3 Å². The van der Waals surface area contributed by atoms with Crippen LogP contribution in [-0.2, 0) is 15.1 Å². The number of aryl methyl sites for hydroxylation is 1. The number of H-pyrrole nitrogens is 1. The molecule has 8 bridgehead atoms. The van der Waals surface area contributed by atoms with E-state index >= 15 is 0 Å². The molecule has 1 saturated carbocycles. The molecule has 7 rings (SSSR count). The molecule has 2 fully saturated rings. The second kappa shape index (κ2) is 9.45. The number of carbonyl (C=O) groups is 1. The molecule has 0 radical (unpaired) electrons. The highest BCUT2D eigenvalue weighted by Crippen LogP contribution is 2.45. The highest BCUT2D eigenvalue weighted by atomic mass is 16.5. The normalized spacial score (nSPS) is 27.4. The molecule has 0 amide bonds. The molecule has 2 unspecified atom stereocenters. The zero-order valence-electron chi connectivity index (χ0n) is 23.6. The van der Waals surface area contributed by atoms with Gasteiger partial charge in [-0.15, -0.1) is 0 Å². The number of hydrogen-bond acceptors (Lipinski definition) is 7. The number of nitrogens with zero attached hydrogens (tertiary/aromatic N) is 4. The van der Waals surface area contributed by atoms with Gasteiger partial charge >= 0.3 is 0 Å². The Hall–Kier alpha value is -4.17. The fraction of sp³-hybridized carbons (Fsp3) is 0.364. The average Bonchev–Trinajstić information content (AvgIpc) is 3.22. The lowest BCUT2D eigenvalue weighted by Gasteiger charge is -2.26. The van der Waals surface area contributed by atoms with E-state index in [1.54, 1.807) is 0 Å². The summed E-state index contributed by atoms with van der Waals surface area (Å²) in [5.41, 5.74) is 1.50. The number of hydrogen-bond donors (Lipinski definition) is 2. The topological polar surface area (TPSA) is 105 Å². The first kappa shape index (κ1) is 25.8. The van der Waals surface area contributed by atoms with E-state index in [2.05, 4.69) is 32.4 Å². The minimum Gasteiger partial charge on any atom is -0.378 e. The van der Waals surface area contributed by atoms with E-state index in [4.69, 9.17) is 14.7 Å². The maximum absolute atomic E-state index is 14.4. The Morgan fingerprint density at radius 3 is 2.51 bits per heavy atom. The molecule has 4 aliphatic heterocycles. The maximum atomic E-state index is 14.4. The summed E-state index contributed by atoms with van der Waals surface area (Å²) in [5.74, 6) is 0.805. The van der Waals surface area contributed by atoms with Crippen LogP contribution in [0.4, 0.5) is 0 Å². The number of ketones is 1. The number of ether oxygens (including phenoxy) is 1. The summed E-state index contributed by atoms with van der Waals surface area (Å²) in [5, 5.41) is 5.59. The van der Waals surface area contributed by atoms with Gasteiger partial charge in [-0.25, -0.2) is 15.0 Å². The van der Waals surface area contributed by atoms with Gasteiger partial charge in [0.05, 0.1) is 28.6 Å². The van der Waals surface area contributed by atoms with E-state index in [9.17, 15) is 4.79 Å². The molecule has 1 saturated heterocycles. The number of Topliss-reactive ketones (excluding diaryl/α,β-unsaturated/α-hetero) is 1. The number of nitrogens with one attached hydrogen (secondary N) is 2. The third-order valence-electron chi connectivity index (χ3n) is 8.44. The molecule has 208 valence electrons. The highest BCUT2D eigenvalue weighted by molar-refractivity contribution is 6.20. The predicted molar refractivity (Wildman–Crippen MR) is 160 cm³/mol. The Morgan fingerprint density at radius 1 is 1.00 bits per heavy atom. The number of carbonyl (C=O) groups excluding carboxylic acids is 1. The van der Waals surface area contributed by atoms with Crippen LogP contribution in [0.25, 0.3) is 12.2 Å². The van der Waals surface area contributed by atoms with Gasteiger partial charge in [0.25, 0.3) is 0 Å². The molecular formula is C33H34N6O2. The van der Waals surface area contributed by atoms with Crippen molar-refractivity contribution in [2.45, 2.75) is 63.6 Å². The molecule has 8 nitrogen and oxygen atoms in total. The summed E-state index contributed by atoms with van der Waals surface area (Å²) in [7, 11) is 0. The first-order chi connectivity index (χ1) is 19.7. The molecule has 2 N–H and O–H groups in total. The molecule has 8 heteroatoms. The zero-order chi connectivity index (χ0) is 28.2. The number of rotatable bonds is 6. The smallest absolute Gasteiger partial charge is 0.173 e. The Bertz CT molecular complexity index is 1730. The van der Waals surface area contributed by atoms with E-state index in [0.29, 0.717) is 25.0 Å². The maximum Gasteiger partial charge on any atom is 0.173 e. The second-order valence-electron chi connectivity index (χ2n) is 12.1. The van der Waals surface area contributed by atoms with Crippen molar-refractivity contribution in [3.05, 3.63) is 94.5 Å². The summed E-state index contributed by atoms with van der Waals surface area (Å²) >= 11 is 0. The van der Waals surface area contributed by atoms with Crippen LogP contribution in [0.15, 0.2) is 82.4 Å². The van der Waals surface area contributed by atoms with Gasteiger partial charge in [0.2, 0.25) is 0 Å². The minimum absolute atomic E-state index is 0.113. The van der Waals surface area contributed by atoms with Crippen LogP contribution < -0.4 is 16.0 Å². The first-order valence-electron chi connectivity index (χ1n) is 14.4. The number of aromatic amines is 1. The van der Waals surface area contributed by atoms with Crippen molar-refractivity contribution in [1.82, 2.24) is 20.3 Å². The average molecular weight is 547 g/mol. The Morgan fingerprint density at radius 2 is 1.76 bits per heavy atom. The van der Waals surface area contributed by atoms with Crippen molar-refractivity contribution in [2.75, 3.05) is 6.61 Å².